The number of fused-ring (bicyclic) bond motifs is 1. The van der Waals surface area contributed by atoms with E-state index in [0.29, 0.717) is 5.82 Å². The fraction of sp³-hybridized carbons (Fsp3) is 0.375. The van der Waals surface area contributed by atoms with Crippen molar-refractivity contribution in [3.63, 3.8) is 0 Å². The van der Waals surface area contributed by atoms with Crippen molar-refractivity contribution in [2.24, 2.45) is 5.10 Å². The Morgan fingerprint density at radius 1 is 1.26 bits per heavy atom. The van der Waals surface area contributed by atoms with Gasteiger partial charge in [-0.3, -0.25) is 5.43 Å². The normalized spacial score (nSPS) is 14.5. The summed E-state index contributed by atoms with van der Waals surface area (Å²) in [4.78, 5) is 0. The summed E-state index contributed by atoms with van der Waals surface area (Å²) in [5.74, 6) is 2.23. The fourth-order valence-electron chi connectivity index (χ4n) is 2.57. The number of nitrogens with one attached hydrogen (secondary N) is 1. The van der Waals surface area contributed by atoms with Crippen molar-refractivity contribution in [2.75, 3.05) is 12.5 Å². The Bertz CT molecular complexity index is 741. The average Bonchev–Trinajstić information content (AvgIpc) is 2.84. The van der Waals surface area contributed by atoms with Gasteiger partial charge in [-0.05, 0) is 37.1 Å². The summed E-state index contributed by atoms with van der Waals surface area (Å²) in [5, 5.41) is 21.9. The van der Waals surface area contributed by atoms with Crippen molar-refractivity contribution in [2.45, 2.75) is 32.2 Å². The van der Waals surface area contributed by atoms with Crippen LogP contribution in [0.5, 0.6) is 5.75 Å². The SMILES string of the molecule is COc1ccc(NN=C(C#N)c2nnc3n2CCCCC3)cc1. The number of benzene rings is 1. The molecule has 1 aromatic heterocycles. The number of ether oxygens (including phenoxy) is 1. The molecule has 0 unspecified atom stereocenters. The Hall–Kier alpha value is -2.88. The van der Waals surface area contributed by atoms with Gasteiger partial charge in [0.1, 0.15) is 17.6 Å². The molecule has 0 amide bonds. The maximum Gasteiger partial charge on any atom is 0.205 e. The number of methoxy groups -OCH3 is 1. The van der Waals surface area contributed by atoms with Crippen LogP contribution in [0.25, 0.3) is 0 Å². The Morgan fingerprint density at radius 3 is 2.83 bits per heavy atom. The molecule has 2 aromatic rings. The number of nitrogens with zero attached hydrogens (tertiary/aromatic N) is 5. The molecule has 1 aromatic carbocycles. The van der Waals surface area contributed by atoms with Gasteiger partial charge in [-0.15, -0.1) is 10.2 Å². The van der Waals surface area contributed by atoms with Gasteiger partial charge in [-0.1, -0.05) is 6.42 Å². The van der Waals surface area contributed by atoms with Gasteiger partial charge in [-0.2, -0.15) is 10.4 Å². The number of nitriles is 1. The molecule has 0 bridgehead atoms. The minimum Gasteiger partial charge on any atom is -0.497 e. The number of hydrogen-bond donors (Lipinski definition) is 1. The molecule has 0 aliphatic carbocycles. The molecular formula is C16H18N6O. The van der Waals surface area contributed by atoms with Gasteiger partial charge in [0.25, 0.3) is 0 Å². The van der Waals surface area contributed by atoms with E-state index in [1.54, 1.807) is 7.11 Å². The van der Waals surface area contributed by atoms with E-state index in [9.17, 15) is 5.26 Å². The summed E-state index contributed by atoms with van der Waals surface area (Å²) in [5.41, 5.74) is 3.90. The molecule has 3 rings (SSSR count). The highest BCUT2D eigenvalue weighted by atomic mass is 16.5. The average molecular weight is 310 g/mol. The molecule has 1 aliphatic rings. The van der Waals surface area contributed by atoms with Crippen molar-refractivity contribution < 1.29 is 4.74 Å². The quantitative estimate of drug-likeness (QED) is 0.692. The fourth-order valence-corrected chi connectivity index (χ4v) is 2.57. The summed E-state index contributed by atoms with van der Waals surface area (Å²) in [7, 11) is 1.62. The van der Waals surface area contributed by atoms with E-state index in [1.807, 2.05) is 28.8 Å². The third-order valence-electron chi connectivity index (χ3n) is 3.81. The molecule has 0 fully saturated rings. The number of aromatic nitrogens is 3. The highest BCUT2D eigenvalue weighted by Crippen LogP contribution is 2.17. The minimum absolute atomic E-state index is 0.237. The van der Waals surface area contributed by atoms with Gasteiger partial charge in [0.15, 0.2) is 5.82 Å². The van der Waals surface area contributed by atoms with Crippen molar-refractivity contribution in [3.8, 4) is 11.8 Å². The second-order valence-electron chi connectivity index (χ2n) is 5.31. The van der Waals surface area contributed by atoms with Crippen LogP contribution in [-0.4, -0.2) is 27.6 Å². The minimum atomic E-state index is 0.237. The zero-order valence-electron chi connectivity index (χ0n) is 13.0. The molecule has 0 atom stereocenters. The number of hydrazone groups is 1. The summed E-state index contributed by atoms with van der Waals surface area (Å²) in [6, 6.07) is 9.43. The van der Waals surface area contributed by atoms with Crippen LogP contribution >= 0.6 is 0 Å². The van der Waals surface area contributed by atoms with Crippen molar-refractivity contribution in [1.29, 1.82) is 5.26 Å². The first-order chi connectivity index (χ1) is 11.3. The molecule has 0 saturated heterocycles. The third-order valence-corrected chi connectivity index (χ3v) is 3.81. The Morgan fingerprint density at radius 2 is 2.09 bits per heavy atom. The lowest BCUT2D eigenvalue weighted by Crippen LogP contribution is -2.12. The maximum absolute atomic E-state index is 9.41. The van der Waals surface area contributed by atoms with Crippen LogP contribution in [0.3, 0.4) is 0 Å². The number of hydrogen-bond acceptors (Lipinski definition) is 6. The number of anilines is 1. The third kappa shape index (κ3) is 3.31. The Labute approximate surface area is 134 Å². The van der Waals surface area contributed by atoms with E-state index in [1.165, 1.54) is 6.42 Å². The predicted octanol–water partition coefficient (Wildman–Crippen LogP) is 2.35. The molecule has 0 radical (unpaired) electrons. The highest BCUT2D eigenvalue weighted by molar-refractivity contribution is 6.09. The van der Waals surface area contributed by atoms with E-state index in [0.717, 1.165) is 43.1 Å². The Kier molecular flexibility index (Phi) is 4.52. The van der Waals surface area contributed by atoms with Gasteiger partial charge in [0.05, 0.1) is 12.8 Å². The van der Waals surface area contributed by atoms with Crippen LogP contribution in [0.4, 0.5) is 5.69 Å². The first-order valence-electron chi connectivity index (χ1n) is 7.62. The molecule has 0 saturated carbocycles. The van der Waals surface area contributed by atoms with E-state index >= 15 is 0 Å². The summed E-state index contributed by atoms with van der Waals surface area (Å²) >= 11 is 0. The lowest BCUT2D eigenvalue weighted by Gasteiger charge is -2.06. The molecule has 0 spiro atoms. The van der Waals surface area contributed by atoms with Crippen LogP contribution < -0.4 is 10.2 Å². The summed E-state index contributed by atoms with van der Waals surface area (Å²) in [6.07, 6.45) is 4.26. The van der Waals surface area contributed by atoms with Crippen LogP contribution in [-0.2, 0) is 13.0 Å². The highest BCUT2D eigenvalue weighted by Gasteiger charge is 2.18. The van der Waals surface area contributed by atoms with E-state index in [2.05, 4.69) is 26.8 Å². The summed E-state index contributed by atoms with van der Waals surface area (Å²) in [6.45, 7) is 0.834. The Balaban J connectivity index is 1.82. The molecule has 7 nitrogen and oxygen atoms in total. The standard InChI is InChI=1S/C16H18N6O/c1-23-13-8-6-12(7-9-13)18-19-14(11-17)16-21-20-15-5-3-2-4-10-22(15)16/h6-9,18H,2-5,10H2,1H3. The van der Waals surface area contributed by atoms with Crippen molar-refractivity contribution in [1.82, 2.24) is 14.8 Å². The zero-order valence-corrected chi connectivity index (χ0v) is 13.0. The summed E-state index contributed by atoms with van der Waals surface area (Å²) < 4.78 is 7.12. The molecule has 118 valence electrons. The number of rotatable bonds is 4. The van der Waals surface area contributed by atoms with Crippen LogP contribution in [0.1, 0.15) is 30.9 Å². The zero-order chi connectivity index (χ0) is 16.1. The van der Waals surface area contributed by atoms with Crippen LogP contribution in [0.15, 0.2) is 29.4 Å². The first kappa shape index (κ1) is 15.0. The largest absolute Gasteiger partial charge is 0.497 e. The van der Waals surface area contributed by atoms with Crippen LogP contribution in [0.2, 0.25) is 0 Å². The first-order valence-corrected chi connectivity index (χ1v) is 7.62. The van der Waals surface area contributed by atoms with E-state index in [-0.39, 0.29) is 5.71 Å². The monoisotopic (exact) mass is 310 g/mol. The predicted molar refractivity (Wildman–Crippen MR) is 86.3 cm³/mol. The second-order valence-corrected chi connectivity index (χ2v) is 5.31. The lowest BCUT2D eigenvalue weighted by molar-refractivity contribution is 0.415. The molecule has 1 aliphatic heterocycles. The smallest absolute Gasteiger partial charge is 0.205 e. The van der Waals surface area contributed by atoms with Gasteiger partial charge < -0.3 is 9.30 Å². The van der Waals surface area contributed by atoms with Gasteiger partial charge in [-0.25, -0.2) is 0 Å². The van der Waals surface area contributed by atoms with E-state index in [4.69, 9.17) is 4.74 Å². The molecule has 23 heavy (non-hydrogen) atoms. The molecule has 1 N–H and O–H groups in total. The second kappa shape index (κ2) is 6.92. The van der Waals surface area contributed by atoms with Crippen LogP contribution in [0, 0.1) is 11.3 Å². The van der Waals surface area contributed by atoms with Crippen molar-refractivity contribution in [3.05, 3.63) is 35.9 Å². The topological polar surface area (TPSA) is 88.1 Å². The van der Waals surface area contributed by atoms with E-state index < -0.39 is 0 Å². The molecule has 7 heteroatoms. The van der Waals surface area contributed by atoms with Gasteiger partial charge in [0.2, 0.25) is 5.71 Å². The maximum atomic E-state index is 9.41. The van der Waals surface area contributed by atoms with Gasteiger partial charge >= 0.3 is 0 Å². The molecular weight excluding hydrogens is 292 g/mol. The molecule has 2 heterocycles. The van der Waals surface area contributed by atoms with Gasteiger partial charge in [0, 0.05) is 13.0 Å². The number of aryl methyl sites for hydroxylation is 1. The lowest BCUT2D eigenvalue weighted by atomic mass is 10.2. The van der Waals surface area contributed by atoms with Crippen molar-refractivity contribution >= 4 is 11.4 Å².